The predicted octanol–water partition coefficient (Wildman–Crippen LogP) is -0.213. The van der Waals surface area contributed by atoms with Crippen molar-refractivity contribution >= 4 is 6.21 Å². The van der Waals surface area contributed by atoms with Crippen molar-refractivity contribution in [3.63, 3.8) is 0 Å². The minimum atomic E-state index is -0.690. The van der Waals surface area contributed by atoms with Crippen LogP contribution in [0.4, 0.5) is 0 Å². The van der Waals surface area contributed by atoms with Gasteiger partial charge in [-0.2, -0.15) is 5.10 Å². The summed E-state index contributed by atoms with van der Waals surface area (Å²) in [6, 6.07) is 0. The Labute approximate surface area is 52.1 Å². The zero-order valence-electron chi connectivity index (χ0n) is 4.94. The second-order valence-corrected chi connectivity index (χ2v) is 1.80. The van der Waals surface area contributed by atoms with Crippen molar-refractivity contribution in [1.82, 2.24) is 5.01 Å². The topological polar surface area (TPSA) is 58.7 Å². The highest BCUT2D eigenvalue weighted by molar-refractivity contribution is 5.59. The lowest BCUT2D eigenvalue weighted by molar-refractivity contribution is -0.545. The second-order valence-electron chi connectivity index (χ2n) is 1.80. The van der Waals surface area contributed by atoms with Crippen LogP contribution in [0.3, 0.4) is 0 Å². The minimum absolute atomic E-state index is 0.295. The fourth-order valence-corrected chi connectivity index (χ4v) is 0.644. The SMILES string of the molecule is CN1N=[C]CC1[N+](=O)[O-]. The van der Waals surface area contributed by atoms with Gasteiger partial charge in [-0.15, -0.1) is 0 Å². The first-order valence-corrected chi connectivity index (χ1v) is 2.51. The number of nitrogens with zero attached hydrogens (tertiary/aromatic N) is 3. The molecule has 1 atom stereocenters. The summed E-state index contributed by atoms with van der Waals surface area (Å²) in [5.74, 6) is 0. The molecule has 0 saturated carbocycles. The van der Waals surface area contributed by atoms with E-state index >= 15 is 0 Å². The van der Waals surface area contributed by atoms with Gasteiger partial charge in [0.25, 0.3) is 0 Å². The highest BCUT2D eigenvalue weighted by Crippen LogP contribution is 2.07. The summed E-state index contributed by atoms with van der Waals surface area (Å²) in [7, 11) is 1.56. The average molecular weight is 128 g/mol. The summed E-state index contributed by atoms with van der Waals surface area (Å²) < 4.78 is 0. The summed E-state index contributed by atoms with van der Waals surface area (Å²) >= 11 is 0. The standard InChI is InChI=1S/C4H6N3O2/c1-6-4(7(8)9)2-3-5-6/h4H,2H2,1H3. The Hall–Kier alpha value is -1.13. The molecule has 49 valence electrons. The van der Waals surface area contributed by atoms with Crippen LogP contribution in [0.25, 0.3) is 0 Å². The summed E-state index contributed by atoms with van der Waals surface area (Å²) in [6.07, 6.45) is 2.12. The van der Waals surface area contributed by atoms with E-state index in [1.54, 1.807) is 7.05 Å². The molecule has 1 aliphatic rings. The van der Waals surface area contributed by atoms with Gasteiger partial charge >= 0.3 is 6.17 Å². The molecule has 0 aromatic carbocycles. The van der Waals surface area contributed by atoms with Crippen molar-refractivity contribution in [2.75, 3.05) is 7.05 Å². The minimum Gasteiger partial charge on any atom is -0.262 e. The number of hydrogen-bond acceptors (Lipinski definition) is 4. The summed E-state index contributed by atoms with van der Waals surface area (Å²) in [5.41, 5.74) is 0. The van der Waals surface area contributed by atoms with E-state index in [-0.39, 0.29) is 4.92 Å². The second kappa shape index (κ2) is 2.00. The Kier molecular flexibility index (Phi) is 1.33. The molecule has 5 nitrogen and oxygen atoms in total. The molecule has 0 fully saturated rings. The fraction of sp³-hybridized carbons (Fsp3) is 0.750. The number of rotatable bonds is 1. The van der Waals surface area contributed by atoms with Gasteiger partial charge in [-0.3, -0.25) is 10.1 Å². The molecule has 0 spiro atoms. The van der Waals surface area contributed by atoms with Gasteiger partial charge in [0.2, 0.25) is 0 Å². The summed E-state index contributed by atoms with van der Waals surface area (Å²) in [4.78, 5) is 9.70. The predicted molar refractivity (Wildman–Crippen MR) is 30.6 cm³/mol. The Morgan fingerprint density at radius 2 is 2.67 bits per heavy atom. The van der Waals surface area contributed by atoms with Crippen LogP contribution >= 0.6 is 0 Å². The molecule has 1 radical (unpaired) electrons. The normalized spacial score (nSPS) is 25.0. The fourth-order valence-electron chi connectivity index (χ4n) is 0.644. The third-order valence-corrected chi connectivity index (χ3v) is 1.18. The lowest BCUT2D eigenvalue weighted by Gasteiger charge is -2.08. The number of hydrogen-bond donors (Lipinski definition) is 0. The quantitative estimate of drug-likeness (QED) is 0.362. The molecule has 0 aromatic heterocycles. The number of nitro groups is 1. The molecule has 0 N–H and O–H groups in total. The van der Waals surface area contributed by atoms with Gasteiger partial charge in [0.1, 0.15) is 0 Å². The Morgan fingerprint density at radius 3 is 2.89 bits per heavy atom. The van der Waals surface area contributed by atoms with E-state index < -0.39 is 6.17 Å². The van der Waals surface area contributed by atoms with Gasteiger partial charge in [0.05, 0.1) is 12.6 Å². The van der Waals surface area contributed by atoms with Crippen LogP contribution in [0.15, 0.2) is 5.10 Å². The lowest BCUT2D eigenvalue weighted by Crippen LogP contribution is -2.30. The van der Waals surface area contributed by atoms with Crippen LogP contribution in [-0.2, 0) is 0 Å². The molecule has 0 bridgehead atoms. The van der Waals surface area contributed by atoms with Crippen molar-refractivity contribution in [2.45, 2.75) is 12.6 Å². The van der Waals surface area contributed by atoms with Crippen molar-refractivity contribution in [1.29, 1.82) is 0 Å². The lowest BCUT2D eigenvalue weighted by atomic mass is 10.4. The Bertz CT molecular complexity index is 156. The van der Waals surface area contributed by atoms with Gasteiger partial charge in [0, 0.05) is 12.0 Å². The molecule has 9 heavy (non-hydrogen) atoms. The largest absolute Gasteiger partial charge is 0.306 e. The van der Waals surface area contributed by atoms with E-state index in [9.17, 15) is 10.1 Å². The molecule has 5 heteroatoms. The Morgan fingerprint density at radius 1 is 2.00 bits per heavy atom. The molecule has 0 amide bonds. The molecular weight excluding hydrogens is 122 g/mol. The van der Waals surface area contributed by atoms with Crippen LogP contribution in [-0.4, -0.2) is 29.4 Å². The first-order valence-electron chi connectivity index (χ1n) is 2.51. The van der Waals surface area contributed by atoms with E-state index in [1.165, 1.54) is 5.01 Å². The van der Waals surface area contributed by atoms with Gasteiger partial charge in [-0.05, 0) is 0 Å². The zero-order chi connectivity index (χ0) is 6.85. The van der Waals surface area contributed by atoms with Crippen molar-refractivity contribution in [2.24, 2.45) is 5.10 Å². The molecule has 0 aromatic rings. The maximum absolute atomic E-state index is 10.1. The van der Waals surface area contributed by atoms with Crippen LogP contribution < -0.4 is 0 Å². The maximum atomic E-state index is 10.1. The van der Waals surface area contributed by atoms with Crippen molar-refractivity contribution in [3.05, 3.63) is 10.1 Å². The first-order chi connectivity index (χ1) is 4.22. The van der Waals surface area contributed by atoms with Gasteiger partial charge in [-0.25, -0.2) is 5.01 Å². The van der Waals surface area contributed by atoms with E-state index in [4.69, 9.17) is 0 Å². The number of hydrazone groups is 1. The third kappa shape index (κ3) is 0.984. The van der Waals surface area contributed by atoms with Crippen LogP contribution in [0, 0.1) is 10.1 Å². The Balaban J connectivity index is 2.55. The average Bonchev–Trinajstić information content (AvgIpc) is 2.13. The summed E-state index contributed by atoms with van der Waals surface area (Å²) in [6.45, 7) is 0. The highest BCUT2D eigenvalue weighted by atomic mass is 16.6. The van der Waals surface area contributed by atoms with Crippen LogP contribution in [0.1, 0.15) is 6.42 Å². The first kappa shape index (κ1) is 6.00. The molecule has 0 aliphatic carbocycles. The molecule has 1 heterocycles. The summed E-state index contributed by atoms with van der Waals surface area (Å²) in [5, 5.41) is 14.9. The highest BCUT2D eigenvalue weighted by Gasteiger charge is 2.27. The molecule has 1 aliphatic heterocycles. The van der Waals surface area contributed by atoms with E-state index in [0.717, 1.165) is 0 Å². The molecular formula is C4H6N3O2. The molecule has 1 unspecified atom stereocenters. The third-order valence-electron chi connectivity index (χ3n) is 1.18. The van der Waals surface area contributed by atoms with Gasteiger partial charge < -0.3 is 0 Å². The van der Waals surface area contributed by atoms with Crippen molar-refractivity contribution in [3.8, 4) is 0 Å². The van der Waals surface area contributed by atoms with E-state index in [0.29, 0.717) is 6.42 Å². The van der Waals surface area contributed by atoms with E-state index in [2.05, 4.69) is 11.3 Å². The smallest absolute Gasteiger partial charge is 0.262 e. The van der Waals surface area contributed by atoms with Crippen molar-refractivity contribution < 1.29 is 4.92 Å². The monoisotopic (exact) mass is 128 g/mol. The molecule has 1 rings (SSSR count). The zero-order valence-corrected chi connectivity index (χ0v) is 4.94. The molecule has 0 saturated heterocycles. The van der Waals surface area contributed by atoms with E-state index in [1.807, 2.05) is 0 Å². The maximum Gasteiger partial charge on any atom is 0.306 e. The van der Waals surface area contributed by atoms with Gasteiger partial charge in [-0.1, -0.05) is 0 Å². The van der Waals surface area contributed by atoms with Crippen LogP contribution in [0.5, 0.6) is 0 Å². The van der Waals surface area contributed by atoms with Crippen LogP contribution in [0.2, 0.25) is 0 Å². The van der Waals surface area contributed by atoms with Gasteiger partial charge in [0.15, 0.2) is 0 Å².